The summed E-state index contributed by atoms with van der Waals surface area (Å²) in [5, 5.41) is 18.4. The average Bonchev–Trinajstić information content (AvgIpc) is 2.25. The van der Waals surface area contributed by atoms with Crippen LogP contribution in [0.3, 0.4) is 0 Å². The van der Waals surface area contributed by atoms with Crippen LogP contribution < -0.4 is 10.5 Å². The van der Waals surface area contributed by atoms with Crippen molar-refractivity contribution in [2.24, 2.45) is 5.73 Å². The number of hydrogen-bond donors (Lipinski definition) is 3. The lowest BCUT2D eigenvalue weighted by atomic mass is 10.1. The minimum atomic E-state index is -1.31. The highest BCUT2D eigenvalue weighted by Crippen LogP contribution is 2.33. The maximum absolute atomic E-state index is 13.3. The Morgan fingerprint density at radius 1 is 1.47 bits per heavy atom. The Bertz CT molecular complexity index is 371. The van der Waals surface area contributed by atoms with Crippen LogP contribution in [-0.2, 0) is 0 Å². The summed E-state index contributed by atoms with van der Waals surface area (Å²) in [7, 11) is 1.16. The number of benzene rings is 1. The third-order valence-electron chi connectivity index (χ3n) is 1.97. The van der Waals surface area contributed by atoms with Crippen LogP contribution in [0.25, 0.3) is 0 Å². The van der Waals surface area contributed by atoms with Gasteiger partial charge in [0.05, 0.1) is 13.2 Å². The quantitative estimate of drug-likeness (QED) is 0.698. The molecule has 1 aromatic carbocycles. The van der Waals surface area contributed by atoms with Crippen molar-refractivity contribution in [1.82, 2.24) is 0 Å². The molecular formula is C9H11F2NO3. The van der Waals surface area contributed by atoms with Gasteiger partial charge in [0.2, 0.25) is 5.82 Å². The molecule has 0 bridgehead atoms. The number of phenolic OH excluding ortho intramolecular Hbond substituents is 1. The van der Waals surface area contributed by atoms with Crippen LogP contribution in [0.2, 0.25) is 0 Å². The van der Waals surface area contributed by atoms with Gasteiger partial charge in [-0.1, -0.05) is 0 Å². The van der Waals surface area contributed by atoms with Gasteiger partial charge in [-0.15, -0.1) is 0 Å². The zero-order valence-electron chi connectivity index (χ0n) is 8.00. The van der Waals surface area contributed by atoms with Crippen molar-refractivity contribution in [2.45, 2.75) is 6.10 Å². The van der Waals surface area contributed by atoms with Crippen molar-refractivity contribution in [1.29, 1.82) is 0 Å². The summed E-state index contributed by atoms with van der Waals surface area (Å²) in [5.41, 5.74) is 4.82. The number of ether oxygens (including phenoxy) is 1. The minimum Gasteiger partial charge on any atom is -0.503 e. The Kier molecular flexibility index (Phi) is 3.43. The van der Waals surface area contributed by atoms with Gasteiger partial charge in [-0.25, -0.2) is 4.39 Å². The molecule has 4 N–H and O–H groups in total. The number of rotatable bonds is 3. The Balaban J connectivity index is 3.35. The lowest BCUT2D eigenvalue weighted by Gasteiger charge is -2.13. The van der Waals surface area contributed by atoms with E-state index in [-0.39, 0.29) is 17.9 Å². The van der Waals surface area contributed by atoms with E-state index in [2.05, 4.69) is 4.74 Å². The first-order valence-electron chi connectivity index (χ1n) is 4.15. The highest BCUT2D eigenvalue weighted by atomic mass is 19.1. The number of aliphatic hydroxyl groups is 1. The molecule has 1 rings (SSSR count). The molecule has 4 nitrogen and oxygen atoms in total. The molecule has 0 amide bonds. The number of aromatic hydroxyl groups is 1. The van der Waals surface area contributed by atoms with E-state index in [0.717, 1.165) is 13.2 Å². The number of phenols is 1. The highest BCUT2D eigenvalue weighted by Gasteiger charge is 2.22. The Morgan fingerprint density at radius 2 is 2.07 bits per heavy atom. The molecule has 15 heavy (non-hydrogen) atoms. The topological polar surface area (TPSA) is 75.7 Å². The molecule has 1 unspecified atom stereocenters. The molecule has 0 aliphatic heterocycles. The summed E-state index contributed by atoms with van der Waals surface area (Å²) in [4.78, 5) is 0. The first-order chi connectivity index (χ1) is 7.02. The standard InChI is InChI=1S/C9H11F2NO3/c1-15-6-2-4(5(13)3-12)7(10)9(14)8(6)11/h2,5,13-14H,3,12H2,1H3. The van der Waals surface area contributed by atoms with Gasteiger partial charge in [0.1, 0.15) is 0 Å². The summed E-state index contributed by atoms with van der Waals surface area (Å²) < 4.78 is 30.9. The molecule has 0 heterocycles. The molecule has 1 atom stereocenters. The predicted octanol–water partition coefficient (Wildman–Crippen LogP) is 0.671. The zero-order chi connectivity index (χ0) is 11.6. The number of halogens is 2. The van der Waals surface area contributed by atoms with Gasteiger partial charge in [0.25, 0.3) is 0 Å². The number of hydrogen-bond acceptors (Lipinski definition) is 4. The molecule has 1 aromatic rings. The smallest absolute Gasteiger partial charge is 0.209 e. The van der Waals surface area contributed by atoms with Crippen molar-refractivity contribution in [2.75, 3.05) is 13.7 Å². The second-order valence-corrected chi connectivity index (χ2v) is 2.90. The fourth-order valence-electron chi connectivity index (χ4n) is 1.14. The third kappa shape index (κ3) is 2.00. The summed E-state index contributed by atoms with van der Waals surface area (Å²) in [5.74, 6) is -3.97. The summed E-state index contributed by atoms with van der Waals surface area (Å²) in [6, 6.07) is 0.960. The van der Waals surface area contributed by atoms with E-state index in [1.165, 1.54) is 0 Å². The van der Waals surface area contributed by atoms with Crippen LogP contribution in [0.4, 0.5) is 8.78 Å². The van der Waals surface area contributed by atoms with Gasteiger partial charge in [-0.05, 0) is 6.07 Å². The van der Waals surface area contributed by atoms with E-state index in [1.807, 2.05) is 0 Å². The number of methoxy groups -OCH3 is 1. The van der Waals surface area contributed by atoms with Gasteiger partial charge >= 0.3 is 0 Å². The fourth-order valence-corrected chi connectivity index (χ4v) is 1.14. The molecule has 0 saturated heterocycles. The molecule has 0 aromatic heterocycles. The van der Waals surface area contributed by atoms with E-state index in [1.54, 1.807) is 0 Å². The van der Waals surface area contributed by atoms with Crippen LogP contribution >= 0.6 is 0 Å². The zero-order valence-corrected chi connectivity index (χ0v) is 8.00. The highest BCUT2D eigenvalue weighted by molar-refractivity contribution is 5.42. The van der Waals surface area contributed by atoms with Crippen LogP contribution in [0, 0.1) is 11.6 Å². The van der Waals surface area contributed by atoms with Crippen LogP contribution in [-0.4, -0.2) is 23.9 Å². The summed E-state index contributed by atoms with van der Waals surface area (Å²) in [6.07, 6.45) is -1.31. The Labute approximate surface area is 84.9 Å². The van der Waals surface area contributed by atoms with Crippen LogP contribution in [0.15, 0.2) is 6.07 Å². The van der Waals surface area contributed by atoms with Gasteiger partial charge in [0.15, 0.2) is 17.3 Å². The maximum atomic E-state index is 13.3. The number of nitrogens with two attached hydrogens (primary N) is 1. The molecule has 0 aliphatic carbocycles. The monoisotopic (exact) mass is 219 g/mol. The maximum Gasteiger partial charge on any atom is 0.209 e. The second-order valence-electron chi connectivity index (χ2n) is 2.90. The first-order valence-corrected chi connectivity index (χ1v) is 4.15. The molecule has 0 fully saturated rings. The lowest BCUT2D eigenvalue weighted by Crippen LogP contribution is -2.13. The first kappa shape index (κ1) is 11.7. The predicted molar refractivity (Wildman–Crippen MR) is 48.6 cm³/mol. The molecule has 0 aliphatic rings. The van der Waals surface area contributed by atoms with Gasteiger partial charge in [0, 0.05) is 12.1 Å². The van der Waals surface area contributed by atoms with E-state index < -0.39 is 23.5 Å². The van der Waals surface area contributed by atoms with Crippen molar-refractivity contribution in [3.05, 3.63) is 23.3 Å². The van der Waals surface area contributed by atoms with Gasteiger partial charge in [-0.2, -0.15) is 4.39 Å². The van der Waals surface area contributed by atoms with Crippen LogP contribution in [0.5, 0.6) is 11.5 Å². The van der Waals surface area contributed by atoms with E-state index >= 15 is 0 Å². The van der Waals surface area contributed by atoms with Gasteiger partial charge in [-0.3, -0.25) is 0 Å². The largest absolute Gasteiger partial charge is 0.503 e. The lowest BCUT2D eigenvalue weighted by molar-refractivity contribution is 0.179. The SMILES string of the molecule is COc1cc(C(O)CN)c(F)c(O)c1F. The van der Waals surface area contributed by atoms with Gasteiger partial charge < -0.3 is 20.7 Å². The van der Waals surface area contributed by atoms with E-state index in [9.17, 15) is 13.9 Å². The van der Waals surface area contributed by atoms with Crippen molar-refractivity contribution in [3.63, 3.8) is 0 Å². The molecular weight excluding hydrogens is 208 g/mol. The summed E-state index contributed by atoms with van der Waals surface area (Å²) in [6.45, 7) is -0.245. The molecule has 0 radical (unpaired) electrons. The van der Waals surface area contributed by atoms with Crippen molar-refractivity contribution >= 4 is 0 Å². The van der Waals surface area contributed by atoms with Crippen LogP contribution in [0.1, 0.15) is 11.7 Å². The fraction of sp³-hybridized carbons (Fsp3) is 0.333. The Hall–Kier alpha value is -1.40. The molecule has 84 valence electrons. The van der Waals surface area contributed by atoms with E-state index in [0.29, 0.717) is 0 Å². The number of aliphatic hydroxyl groups excluding tert-OH is 1. The molecule has 0 saturated carbocycles. The minimum absolute atomic E-state index is 0.245. The average molecular weight is 219 g/mol. The van der Waals surface area contributed by atoms with Crippen molar-refractivity contribution in [3.8, 4) is 11.5 Å². The second kappa shape index (κ2) is 4.41. The van der Waals surface area contributed by atoms with E-state index in [4.69, 9.17) is 10.8 Å². The Morgan fingerprint density at radius 3 is 2.53 bits per heavy atom. The van der Waals surface area contributed by atoms with Crippen molar-refractivity contribution < 1.29 is 23.7 Å². The normalized spacial score (nSPS) is 12.6. The molecule has 0 spiro atoms. The molecule has 6 heteroatoms. The third-order valence-corrected chi connectivity index (χ3v) is 1.97. The summed E-state index contributed by atoms with van der Waals surface area (Å²) >= 11 is 0.